The Bertz CT molecular complexity index is 263. The first-order chi connectivity index (χ1) is 7.83. The fraction of sp³-hybridized carbons (Fsp3) is 0.600. The molecule has 0 aliphatic rings. The van der Waals surface area contributed by atoms with Gasteiger partial charge in [-0.25, -0.2) is 0 Å². The molecular weight excluding hydrogens is 212 g/mol. The smallest absolute Gasteiger partial charge is 0.00721 e. The Labute approximate surface area is 105 Å². The van der Waals surface area contributed by atoms with Crippen LogP contribution in [0.25, 0.3) is 0 Å². The molecule has 90 valence electrons. The van der Waals surface area contributed by atoms with Gasteiger partial charge in [-0.1, -0.05) is 56.7 Å². The second kappa shape index (κ2) is 8.69. The van der Waals surface area contributed by atoms with Crippen molar-refractivity contribution in [1.82, 2.24) is 0 Å². The number of hydrogen-bond donors (Lipinski definition) is 0. The molecule has 0 spiro atoms. The van der Waals surface area contributed by atoms with Gasteiger partial charge < -0.3 is 0 Å². The van der Waals surface area contributed by atoms with Crippen LogP contribution in [0.15, 0.2) is 29.2 Å². The van der Waals surface area contributed by atoms with Crippen molar-refractivity contribution >= 4 is 11.8 Å². The van der Waals surface area contributed by atoms with Gasteiger partial charge in [0.15, 0.2) is 0 Å². The van der Waals surface area contributed by atoms with Gasteiger partial charge in [0.2, 0.25) is 0 Å². The highest BCUT2D eigenvalue weighted by Gasteiger charge is 1.94. The Morgan fingerprint density at radius 1 is 0.875 bits per heavy atom. The average molecular weight is 236 g/mol. The standard InChI is InChI=1S/C15H24S/c1-3-4-5-6-7-8-13-16-15-11-9-14(2)10-12-15/h9-12H,3-8,13H2,1-2H3. The molecular formula is C15H24S. The van der Waals surface area contributed by atoms with Crippen LogP contribution in [0.1, 0.15) is 51.0 Å². The quantitative estimate of drug-likeness (QED) is 0.427. The molecule has 0 aromatic heterocycles. The van der Waals surface area contributed by atoms with E-state index in [2.05, 4.69) is 38.1 Å². The zero-order chi connectivity index (χ0) is 11.6. The molecule has 0 aliphatic carbocycles. The largest absolute Gasteiger partial charge is 0.126 e. The summed E-state index contributed by atoms with van der Waals surface area (Å²) in [6.07, 6.45) is 8.36. The van der Waals surface area contributed by atoms with E-state index in [0.29, 0.717) is 0 Å². The zero-order valence-electron chi connectivity index (χ0n) is 10.7. The van der Waals surface area contributed by atoms with Crippen LogP contribution in [0.4, 0.5) is 0 Å². The summed E-state index contributed by atoms with van der Waals surface area (Å²) in [6, 6.07) is 8.86. The van der Waals surface area contributed by atoms with Crippen LogP contribution in [0.5, 0.6) is 0 Å². The van der Waals surface area contributed by atoms with E-state index in [0.717, 1.165) is 0 Å². The highest BCUT2D eigenvalue weighted by molar-refractivity contribution is 7.99. The first-order valence-corrected chi connectivity index (χ1v) is 7.51. The third-order valence-corrected chi connectivity index (χ3v) is 3.89. The van der Waals surface area contributed by atoms with E-state index in [1.165, 1.54) is 54.7 Å². The lowest BCUT2D eigenvalue weighted by atomic mass is 10.1. The maximum Gasteiger partial charge on any atom is 0.00721 e. The minimum Gasteiger partial charge on any atom is -0.126 e. The molecule has 0 unspecified atom stereocenters. The molecule has 0 atom stereocenters. The number of rotatable bonds is 8. The van der Waals surface area contributed by atoms with Gasteiger partial charge in [-0.3, -0.25) is 0 Å². The zero-order valence-corrected chi connectivity index (χ0v) is 11.5. The summed E-state index contributed by atoms with van der Waals surface area (Å²) >= 11 is 1.99. The van der Waals surface area contributed by atoms with E-state index in [-0.39, 0.29) is 0 Å². The van der Waals surface area contributed by atoms with Crippen LogP contribution in [0.3, 0.4) is 0 Å². The first-order valence-electron chi connectivity index (χ1n) is 6.52. The summed E-state index contributed by atoms with van der Waals surface area (Å²) in [6.45, 7) is 4.41. The summed E-state index contributed by atoms with van der Waals surface area (Å²) in [5, 5.41) is 0. The number of unbranched alkanes of at least 4 members (excludes halogenated alkanes) is 5. The topological polar surface area (TPSA) is 0 Å². The number of thioether (sulfide) groups is 1. The maximum absolute atomic E-state index is 2.27. The molecule has 0 N–H and O–H groups in total. The number of aryl methyl sites for hydroxylation is 1. The van der Waals surface area contributed by atoms with E-state index in [1.807, 2.05) is 11.8 Å². The highest BCUT2D eigenvalue weighted by atomic mass is 32.2. The van der Waals surface area contributed by atoms with Gasteiger partial charge in [0, 0.05) is 4.90 Å². The average Bonchev–Trinajstić information content (AvgIpc) is 2.30. The van der Waals surface area contributed by atoms with Crippen molar-refractivity contribution in [3.05, 3.63) is 29.8 Å². The summed E-state index contributed by atoms with van der Waals surface area (Å²) in [4.78, 5) is 1.42. The van der Waals surface area contributed by atoms with Gasteiger partial charge in [0.25, 0.3) is 0 Å². The molecule has 0 aliphatic heterocycles. The van der Waals surface area contributed by atoms with Crippen molar-refractivity contribution in [3.8, 4) is 0 Å². The Kier molecular flexibility index (Phi) is 7.41. The lowest BCUT2D eigenvalue weighted by Crippen LogP contribution is -1.82. The van der Waals surface area contributed by atoms with E-state index < -0.39 is 0 Å². The van der Waals surface area contributed by atoms with Crippen molar-refractivity contribution in [2.75, 3.05) is 5.75 Å². The van der Waals surface area contributed by atoms with E-state index >= 15 is 0 Å². The van der Waals surface area contributed by atoms with Gasteiger partial charge >= 0.3 is 0 Å². The molecule has 1 heteroatoms. The lowest BCUT2D eigenvalue weighted by Gasteiger charge is -2.02. The van der Waals surface area contributed by atoms with Gasteiger partial charge in [-0.2, -0.15) is 0 Å². The lowest BCUT2D eigenvalue weighted by molar-refractivity contribution is 0.627. The minimum atomic E-state index is 1.27. The number of hydrogen-bond acceptors (Lipinski definition) is 1. The SMILES string of the molecule is CCCCCCCCSc1ccc(C)cc1. The van der Waals surface area contributed by atoms with Gasteiger partial charge in [-0.15, -0.1) is 11.8 Å². The number of benzene rings is 1. The Hall–Kier alpha value is -0.430. The van der Waals surface area contributed by atoms with E-state index in [4.69, 9.17) is 0 Å². The molecule has 0 fully saturated rings. The van der Waals surface area contributed by atoms with Crippen molar-refractivity contribution in [2.24, 2.45) is 0 Å². The summed E-state index contributed by atoms with van der Waals surface area (Å²) < 4.78 is 0. The second-order valence-corrected chi connectivity index (χ2v) is 5.60. The molecule has 0 heterocycles. The molecule has 0 amide bonds. The summed E-state index contributed by atoms with van der Waals surface area (Å²) in [5.41, 5.74) is 1.35. The van der Waals surface area contributed by atoms with Gasteiger partial charge in [0.1, 0.15) is 0 Å². The highest BCUT2D eigenvalue weighted by Crippen LogP contribution is 2.20. The third kappa shape index (κ3) is 6.22. The Morgan fingerprint density at radius 2 is 1.50 bits per heavy atom. The molecule has 1 aromatic carbocycles. The monoisotopic (exact) mass is 236 g/mol. The summed E-state index contributed by atoms with van der Waals surface area (Å²) in [5.74, 6) is 1.27. The van der Waals surface area contributed by atoms with Crippen LogP contribution >= 0.6 is 11.8 Å². The van der Waals surface area contributed by atoms with E-state index in [9.17, 15) is 0 Å². The predicted molar refractivity (Wildman–Crippen MR) is 75.3 cm³/mol. The molecule has 0 radical (unpaired) electrons. The molecule has 1 aromatic rings. The molecule has 1 rings (SSSR count). The van der Waals surface area contributed by atoms with Crippen molar-refractivity contribution in [3.63, 3.8) is 0 Å². The minimum absolute atomic E-state index is 1.27. The maximum atomic E-state index is 2.27. The molecule has 0 saturated heterocycles. The van der Waals surface area contributed by atoms with Crippen molar-refractivity contribution in [1.29, 1.82) is 0 Å². The van der Waals surface area contributed by atoms with Crippen LogP contribution < -0.4 is 0 Å². The second-order valence-electron chi connectivity index (χ2n) is 4.43. The third-order valence-electron chi connectivity index (χ3n) is 2.79. The normalized spacial score (nSPS) is 10.6. The fourth-order valence-corrected chi connectivity index (χ4v) is 2.62. The van der Waals surface area contributed by atoms with Crippen LogP contribution in [0.2, 0.25) is 0 Å². The summed E-state index contributed by atoms with van der Waals surface area (Å²) in [7, 11) is 0. The molecule has 0 nitrogen and oxygen atoms in total. The van der Waals surface area contributed by atoms with Crippen LogP contribution in [-0.4, -0.2) is 5.75 Å². The van der Waals surface area contributed by atoms with Crippen LogP contribution in [0, 0.1) is 6.92 Å². The molecule has 0 bridgehead atoms. The Balaban J connectivity index is 2.01. The van der Waals surface area contributed by atoms with E-state index in [1.54, 1.807) is 0 Å². The fourth-order valence-electron chi connectivity index (χ4n) is 1.71. The van der Waals surface area contributed by atoms with Gasteiger partial charge in [-0.05, 0) is 31.2 Å². The van der Waals surface area contributed by atoms with Crippen molar-refractivity contribution < 1.29 is 0 Å². The van der Waals surface area contributed by atoms with Crippen molar-refractivity contribution in [2.45, 2.75) is 57.3 Å². The molecule has 0 saturated carbocycles. The predicted octanol–water partition coefficient (Wildman–Crippen LogP) is 5.45. The molecule has 16 heavy (non-hydrogen) atoms. The first kappa shape index (κ1) is 13.6. The van der Waals surface area contributed by atoms with Gasteiger partial charge in [0.05, 0.1) is 0 Å². The van der Waals surface area contributed by atoms with Crippen LogP contribution in [-0.2, 0) is 0 Å². The Morgan fingerprint density at radius 3 is 2.19 bits per heavy atom.